The van der Waals surface area contributed by atoms with Gasteiger partial charge in [-0.1, -0.05) is 41.9 Å². The Labute approximate surface area is 146 Å². The summed E-state index contributed by atoms with van der Waals surface area (Å²) in [5, 5.41) is 3.47. The summed E-state index contributed by atoms with van der Waals surface area (Å²) in [6, 6.07) is 13.8. The molecular formula is C19H21ClFNO2. The number of hydrogen-bond donors (Lipinski definition) is 1. The lowest BCUT2D eigenvalue weighted by Crippen LogP contribution is -2.40. The number of carbonyl (C=O) groups excluding carboxylic acids is 1. The van der Waals surface area contributed by atoms with Gasteiger partial charge in [0.15, 0.2) is 0 Å². The molecule has 2 aromatic carbocycles. The van der Waals surface area contributed by atoms with Crippen molar-refractivity contribution in [3.8, 4) is 0 Å². The van der Waals surface area contributed by atoms with Crippen LogP contribution in [0.25, 0.3) is 0 Å². The first kappa shape index (κ1) is 18.4. The lowest BCUT2D eigenvalue weighted by Gasteiger charge is -2.29. The highest BCUT2D eigenvalue weighted by Gasteiger charge is 2.27. The molecule has 0 heterocycles. The molecule has 0 aromatic heterocycles. The fourth-order valence-corrected chi connectivity index (χ4v) is 2.60. The number of hydrogen-bond acceptors (Lipinski definition) is 2. The first-order valence-corrected chi connectivity index (χ1v) is 8.14. The second kappa shape index (κ2) is 8.27. The molecule has 0 aliphatic carbocycles. The van der Waals surface area contributed by atoms with Crippen LogP contribution in [0.2, 0.25) is 5.02 Å². The van der Waals surface area contributed by atoms with Gasteiger partial charge in [-0.2, -0.15) is 0 Å². The molecule has 2 aromatic rings. The monoisotopic (exact) mass is 349 g/mol. The van der Waals surface area contributed by atoms with Crippen molar-refractivity contribution in [3.63, 3.8) is 0 Å². The molecular weight excluding hydrogens is 329 g/mol. The summed E-state index contributed by atoms with van der Waals surface area (Å²) in [7, 11) is 1.59. The van der Waals surface area contributed by atoms with E-state index in [1.165, 1.54) is 6.07 Å². The molecule has 3 nitrogen and oxygen atoms in total. The van der Waals surface area contributed by atoms with Crippen LogP contribution in [0.3, 0.4) is 0 Å². The third-order valence-electron chi connectivity index (χ3n) is 4.09. The summed E-state index contributed by atoms with van der Waals surface area (Å²) in [6.07, 6.45) is 0.579. The third kappa shape index (κ3) is 4.79. The minimum Gasteiger partial charge on any atom is -0.372 e. The maximum Gasteiger partial charge on any atom is 0.220 e. The van der Waals surface area contributed by atoms with E-state index in [4.69, 9.17) is 16.3 Å². The largest absolute Gasteiger partial charge is 0.372 e. The van der Waals surface area contributed by atoms with Crippen LogP contribution >= 0.6 is 11.6 Å². The lowest BCUT2D eigenvalue weighted by atomic mass is 9.95. The second-order valence-corrected chi connectivity index (χ2v) is 6.25. The van der Waals surface area contributed by atoms with Crippen molar-refractivity contribution in [2.45, 2.75) is 25.4 Å². The van der Waals surface area contributed by atoms with E-state index in [2.05, 4.69) is 5.32 Å². The van der Waals surface area contributed by atoms with Gasteiger partial charge in [0.05, 0.1) is 6.54 Å². The van der Waals surface area contributed by atoms with E-state index in [1.807, 2.05) is 25.1 Å². The van der Waals surface area contributed by atoms with E-state index in [0.29, 0.717) is 23.6 Å². The Balaban J connectivity index is 1.93. The van der Waals surface area contributed by atoms with Crippen molar-refractivity contribution in [1.29, 1.82) is 0 Å². The topological polar surface area (TPSA) is 38.3 Å². The molecule has 1 amide bonds. The highest BCUT2D eigenvalue weighted by atomic mass is 35.5. The normalized spacial score (nSPS) is 13.3. The molecule has 1 atom stereocenters. The van der Waals surface area contributed by atoms with Crippen molar-refractivity contribution >= 4 is 17.5 Å². The third-order valence-corrected chi connectivity index (χ3v) is 4.32. The van der Waals surface area contributed by atoms with Crippen LogP contribution in [-0.4, -0.2) is 19.6 Å². The Bertz CT molecular complexity index is 707. The second-order valence-electron chi connectivity index (χ2n) is 5.81. The zero-order valence-electron chi connectivity index (χ0n) is 13.8. The van der Waals surface area contributed by atoms with E-state index in [-0.39, 0.29) is 18.1 Å². The van der Waals surface area contributed by atoms with Crippen LogP contribution in [-0.2, 0) is 21.6 Å². The molecule has 5 heteroatoms. The van der Waals surface area contributed by atoms with E-state index in [9.17, 15) is 9.18 Å². The fourth-order valence-electron chi connectivity index (χ4n) is 2.41. The smallest absolute Gasteiger partial charge is 0.220 e. The summed E-state index contributed by atoms with van der Waals surface area (Å²) in [6.45, 7) is 2.19. The van der Waals surface area contributed by atoms with Crippen molar-refractivity contribution in [1.82, 2.24) is 5.32 Å². The number of benzene rings is 2. The van der Waals surface area contributed by atoms with Gasteiger partial charge in [0.1, 0.15) is 11.4 Å². The molecule has 0 bridgehead atoms. The first-order chi connectivity index (χ1) is 11.4. The average Bonchev–Trinajstić information content (AvgIpc) is 2.59. The summed E-state index contributed by atoms with van der Waals surface area (Å²) in [4.78, 5) is 12.1. The molecule has 0 spiro atoms. The van der Waals surface area contributed by atoms with Gasteiger partial charge < -0.3 is 10.1 Å². The number of halogens is 2. The predicted octanol–water partition coefficient (Wildman–Crippen LogP) is 4.09. The van der Waals surface area contributed by atoms with Crippen LogP contribution in [0.15, 0.2) is 48.5 Å². The van der Waals surface area contributed by atoms with Gasteiger partial charge >= 0.3 is 0 Å². The fraction of sp³-hybridized carbons (Fsp3) is 0.316. The Morgan fingerprint density at radius 1 is 1.25 bits per heavy atom. The van der Waals surface area contributed by atoms with Crippen molar-refractivity contribution in [3.05, 3.63) is 70.5 Å². The molecule has 2 rings (SSSR count). The van der Waals surface area contributed by atoms with Gasteiger partial charge in [0, 0.05) is 18.6 Å². The highest BCUT2D eigenvalue weighted by Crippen LogP contribution is 2.26. The number of amides is 1. The molecule has 128 valence electrons. The maximum atomic E-state index is 13.6. The number of aryl methyl sites for hydroxylation is 1. The van der Waals surface area contributed by atoms with Crippen LogP contribution in [0.4, 0.5) is 4.39 Å². The summed E-state index contributed by atoms with van der Waals surface area (Å²) < 4.78 is 19.1. The number of ether oxygens (including phenoxy) is 1. The molecule has 0 aliphatic heterocycles. The zero-order chi connectivity index (χ0) is 17.6. The Morgan fingerprint density at radius 2 is 2.00 bits per heavy atom. The van der Waals surface area contributed by atoms with Crippen LogP contribution < -0.4 is 5.32 Å². The van der Waals surface area contributed by atoms with Gasteiger partial charge in [0.25, 0.3) is 0 Å². The Morgan fingerprint density at radius 3 is 2.67 bits per heavy atom. The van der Waals surface area contributed by atoms with Crippen molar-refractivity contribution < 1.29 is 13.9 Å². The molecule has 1 unspecified atom stereocenters. The highest BCUT2D eigenvalue weighted by molar-refractivity contribution is 6.30. The standard InChI is InChI=1S/C19H21ClFNO2/c1-19(24-2,15-7-5-8-16(20)12-15)13-22-18(23)11-10-14-6-3-4-9-17(14)21/h3-9,12H,10-11,13H2,1-2H3,(H,22,23). The molecule has 0 aliphatic rings. The van der Waals surface area contributed by atoms with Gasteiger partial charge in [0.2, 0.25) is 5.91 Å². The van der Waals surface area contributed by atoms with Crippen molar-refractivity contribution in [2.24, 2.45) is 0 Å². The van der Waals surface area contributed by atoms with Crippen LogP contribution in [0, 0.1) is 5.82 Å². The Kier molecular flexibility index (Phi) is 6.35. The molecule has 1 N–H and O–H groups in total. The SMILES string of the molecule is COC(C)(CNC(=O)CCc1ccccc1F)c1cccc(Cl)c1. The summed E-state index contributed by atoms with van der Waals surface area (Å²) in [5.74, 6) is -0.436. The van der Waals surface area contributed by atoms with Crippen LogP contribution in [0.5, 0.6) is 0 Å². The summed E-state index contributed by atoms with van der Waals surface area (Å²) >= 11 is 6.02. The average molecular weight is 350 g/mol. The molecule has 0 saturated heterocycles. The number of rotatable bonds is 7. The van der Waals surface area contributed by atoms with Crippen LogP contribution in [0.1, 0.15) is 24.5 Å². The first-order valence-electron chi connectivity index (χ1n) is 7.76. The minimum absolute atomic E-state index is 0.149. The van der Waals surface area contributed by atoms with E-state index >= 15 is 0 Å². The van der Waals surface area contributed by atoms with Gasteiger partial charge in [-0.25, -0.2) is 4.39 Å². The van der Waals surface area contributed by atoms with Crippen molar-refractivity contribution in [2.75, 3.05) is 13.7 Å². The Hall–Kier alpha value is -1.91. The maximum absolute atomic E-state index is 13.6. The summed E-state index contributed by atoms with van der Waals surface area (Å²) in [5.41, 5.74) is 0.738. The van der Waals surface area contributed by atoms with Gasteiger partial charge in [-0.15, -0.1) is 0 Å². The zero-order valence-corrected chi connectivity index (χ0v) is 14.6. The van der Waals surface area contributed by atoms with Gasteiger partial charge in [-0.3, -0.25) is 4.79 Å². The predicted molar refractivity (Wildman–Crippen MR) is 93.5 cm³/mol. The molecule has 0 radical (unpaired) electrons. The quantitative estimate of drug-likeness (QED) is 0.817. The number of nitrogens with one attached hydrogen (secondary N) is 1. The molecule has 0 fully saturated rings. The molecule has 24 heavy (non-hydrogen) atoms. The number of carbonyl (C=O) groups is 1. The lowest BCUT2D eigenvalue weighted by molar-refractivity contribution is -0.122. The minimum atomic E-state index is -0.682. The number of methoxy groups -OCH3 is 1. The van der Waals surface area contributed by atoms with E-state index in [0.717, 1.165) is 5.56 Å². The molecule has 0 saturated carbocycles. The van der Waals surface area contributed by atoms with Gasteiger partial charge in [-0.05, 0) is 42.7 Å². The van der Waals surface area contributed by atoms with E-state index < -0.39 is 5.60 Å². The van der Waals surface area contributed by atoms with E-state index in [1.54, 1.807) is 31.4 Å².